The van der Waals surface area contributed by atoms with Gasteiger partial charge in [0.05, 0.1) is 43.4 Å². The van der Waals surface area contributed by atoms with Crippen molar-refractivity contribution >= 4 is 40.5 Å². The largest absolute Gasteiger partial charge is 0.504 e. The Kier molecular flexibility index (Phi) is 9.12. The molecule has 0 aliphatic heterocycles. The van der Waals surface area contributed by atoms with Crippen LogP contribution in [0.3, 0.4) is 0 Å². The number of phenols is 4. The van der Waals surface area contributed by atoms with E-state index in [9.17, 15) is 39.6 Å². The molecule has 0 bridgehead atoms. The van der Waals surface area contributed by atoms with Crippen LogP contribution < -0.4 is 10.7 Å². The maximum atomic E-state index is 13.4. The number of hydrogen-bond acceptors (Lipinski definition) is 13. The van der Waals surface area contributed by atoms with Crippen molar-refractivity contribution in [1.82, 2.24) is 0 Å². The molecule has 1 heterocycles. The molecule has 0 fully saturated rings. The third kappa shape index (κ3) is 6.45. The highest BCUT2D eigenvalue weighted by Gasteiger charge is 2.25. The summed E-state index contributed by atoms with van der Waals surface area (Å²) in [4.78, 5) is 48.5. The number of carbonyl (C=O) groups is 3. The number of benzene rings is 2. The Labute approximate surface area is 220 Å². The van der Waals surface area contributed by atoms with Gasteiger partial charge in [0.1, 0.15) is 24.0 Å². The standard InChI is InChI=1S/C26H25NO12/c1-13(10-27-16-8-18(30)17(29)7-14(16)11-28)15-12-39-20-9-19(31)25(34)23(22(20)24(15)33)26(35)38-6-5-37-4-3-21(32)36-2/h7-12,27,29-31,34H,3-6H2,1-2H3/b13-10+. The van der Waals surface area contributed by atoms with Crippen LogP contribution in [0.25, 0.3) is 16.5 Å². The van der Waals surface area contributed by atoms with Crippen LogP contribution in [-0.4, -0.2) is 65.6 Å². The van der Waals surface area contributed by atoms with E-state index in [-0.39, 0.29) is 59.6 Å². The molecule has 13 heteroatoms. The van der Waals surface area contributed by atoms with Gasteiger partial charge in [0, 0.05) is 23.9 Å². The van der Waals surface area contributed by atoms with Crippen molar-refractivity contribution in [2.45, 2.75) is 13.3 Å². The zero-order valence-electron chi connectivity index (χ0n) is 20.8. The second-order valence-corrected chi connectivity index (χ2v) is 8.06. The average molecular weight is 543 g/mol. The molecule has 3 aromatic rings. The summed E-state index contributed by atoms with van der Waals surface area (Å²) in [6.45, 7) is 1.15. The van der Waals surface area contributed by atoms with E-state index in [2.05, 4.69) is 10.1 Å². The number of allylic oxidation sites excluding steroid dienone is 1. The Morgan fingerprint density at radius 3 is 2.44 bits per heavy atom. The Morgan fingerprint density at radius 2 is 1.74 bits per heavy atom. The number of phenolic OH excluding ortho intramolecular Hbond substituents is 4. The lowest BCUT2D eigenvalue weighted by molar-refractivity contribution is -0.141. The molecule has 206 valence electrons. The number of anilines is 1. The van der Waals surface area contributed by atoms with Crippen molar-refractivity contribution in [3.63, 3.8) is 0 Å². The third-order valence-electron chi connectivity index (χ3n) is 5.50. The molecule has 0 atom stereocenters. The number of aromatic hydroxyl groups is 4. The molecule has 3 rings (SSSR count). The summed E-state index contributed by atoms with van der Waals surface area (Å²) in [5, 5.41) is 42.1. The lowest BCUT2D eigenvalue weighted by atomic mass is 10.0. The first-order valence-electron chi connectivity index (χ1n) is 11.4. The zero-order chi connectivity index (χ0) is 28.7. The van der Waals surface area contributed by atoms with Crippen molar-refractivity contribution in [2.24, 2.45) is 0 Å². The molecular formula is C26H25NO12. The number of rotatable bonds is 11. The Hall–Kier alpha value is -5.04. The van der Waals surface area contributed by atoms with Gasteiger partial charge < -0.3 is 44.4 Å². The van der Waals surface area contributed by atoms with Gasteiger partial charge in [-0.1, -0.05) is 0 Å². The minimum atomic E-state index is -1.13. The molecule has 1 aromatic heterocycles. The van der Waals surface area contributed by atoms with Gasteiger partial charge in [-0.2, -0.15) is 0 Å². The molecule has 0 aliphatic rings. The smallest absolute Gasteiger partial charge is 0.343 e. The molecule has 39 heavy (non-hydrogen) atoms. The van der Waals surface area contributed by atoms with E-state index in [1.807, 2.05) is 0 Å². The molecule has 0 saturated heterocycles. The van der Waals surface area contributed by atoms with E-state index < -0.39 is 45.9 Å². The Bertz CT molecular complexity index is 1510. The molecule has 13 nitrogen and oxygen atoms in total. The molecule has 0 unspecified atom stereocenters. The first kappa shape index (κ1) is 28.5. The number of hydrogen-bond donors (Lipinski definition) is 5. The van der Waals surface area contributed by atoms with E-state index in [4.69, 9.17) is 13.9 Å². The van der Waals surface area contributed by atoms with Crippen LogP contribution >= 0.6 is 0 Å². The van der Waals surface area contributed by atoms with Gasteiger partial charge in [-0.15, -0.1) is 0 Å². The molecule has 0 aliphatic carbocycles. The maximum Gasteiger partial charge on any atom is 0.343 e. The minimum absolute atomic E-state index is 0.00164. The van der Waals surface area contributed by atoms with Crippen LogP contribution in [0.1, 0.15) is 39.6 Å². The molecule has 0 amide bonds. The average Bonchev–Trinajstić information content (AvgIpc) is 2.91. The molecule has 0 spiro atoms. The van der Waals surface area contributed by atoms with Crippen LogP contribution in [0.2, 0.25) is 0 Å². The van der Waals surface area contributed by atoms with Crippen LogP contribution in [0.4, 0.5) is 5.69 Å². The molecule has 0 radical (unpaired) electrons. The number of ether oxygens (including phenoxy) is 3. The topological polar surface area (TPSA) is 202 Å². The number of aldehydes is 1. The highest BCUT2D eigenvalue weighted by atomic mass is 16.6. The van der Waals surface area contributed by atoms with Gasteiger partial charge in [-0.3, -0.25) is 14.4 Å². The minimum Gasteiger partial charge on any atom is -0.504 e. The monoisotopic (exact) mass is 543 g/mol. The van der Waals surface area contributed by atoms with Crippen molar-refractivity contribution < 1.29 is 53.4 Å². The summed E-state index contributed by atoms with van der Waals surface area (Å²) in [6.07, 6.45) is 2.85. The van der Waals surface area contributed by atoms with E-state index in [1.54, 1.807) is 0 Å². The quantitative estimate of drug-likeness (QED) is 0.0777. The fourth-order valence-corrected chi connectivity index (χ4v) is 3.44. The van der Waals surface area contributed by atoms with Crippen molar-refractivity contribution in [3.8, 4) is 23.0 Å². The second-order valence-electron chi connectivity index (χ2n) is 8.06. The summed E-state index contributed by atoms with van der Waals surface area (Å²) < 4.78 is 20.2. The highest BCUT2D eigenvalue weighted by Crippen LogP contribution is 2.36. The molecular weight excluding hydrogens is 518 g/mol. The maximum absolute atomic E-state index is 13.4. The van der Waals surface area contributed by atoms with Gasteiger partial charge in [0.2, 0.25) is 5.43 Å². The van der Waals surface area contributed by atoms with Gasteiger partial charge >= 0.3 is 11.9 Å². The normalized spacial score (nSPS) is 11.3. The van der Waals surface area contributed by atoms with E-state index in [1.165, 1.54) is 20.2 Å². The predicted molar refractivity (Wildman–Crippen MR) is 136 cm³/mol. The van der Waals surface area contributed by atoms with Gasteiger partial charge in [0.15, 0.2) is 29.3 Å². The summed E-state index contributed by atoms with van der Waals surface area (Å²) in [5.41, 5.74) is -1.19. The zero-order valence-corrected chi connectivity index (χ0v) is 20.8. The number of nitrogens with one attached hydrogen (secondary N) is 1. The first-order chi connectivity index (χ1) is 18.6. The Balaban J connectivity index is 1.89. The third-order valence-corrected chi connectivity index (χ3v) is 5.50. The Morgan fingerprint density at radius 1 is 1.03 bits per heavy atom. The number of methoxy groups -OCH3 is 1. The summed E-state index contributed by atoms with van der Waals surface area (Å²) in [6, 6.07) is 3.13. The van der Waals surface area contributed by atoms with Crippen LogP contribution in [0, 0.1) is 0 Å². The molecule has 5 N–H and O–H groups in total. The fourth-order valence-electron chi connectivity index (χ4n) is 3.44. The number of fused-ring (bicyclic) bond motifs is 1. The van der Waals surface area contributed by atoms with Crippen LogP contribution in [0.5, 0.6) is 23.0 Å². The van der Waals surface area contributed by atoms with E-state index in [0.717, 1.165) is 24.5 Å². The van der Waals surface area contributed by atoms with Crippen molar-refractivity contribution in [3.05, 3.63) is 57.6 Å². The van der Waals surface area contributed by atoms with Gasteiger partial charge in [0.25, 0.3) is 0 Å². The predicted octanol–water partition coefficient (Wildman–Crippen LogP) is 2.64. The first-order valence-corrected chi connectivity index (χ1v) is 11.4. The van der Waals surface area contributed by atoms with Gasteiger partial charge in [-0.05, 0) is 18.6 Å². The summed E-state index contributed by atoms with van der Waals surface area (Å²) in [7, 11) is 1.23. The number of carbonyl (C=O) groups excluding carboxylic acids is 3. The van der Waals surface area contributed by atoms with Crippen LogP contribution in [0.15, 0.2) is 39.9 Å². The van der Waals surface area contributed by atoms with Crippen LogP contribution in [-0.2, 0) is 19.0 Å². The van der Waals surface area contributed by atoms with E-state index >= 15 is 0 Å². The fraction of sp³-hybridized carbons (Fsp3) is 0.231. The highest BCUT2D eigenvalue weighted by molar-refractivity contribution is 6.07. The van der Waals surface area contributed by atoms with Crippen molar-refractivity contribution in [1.29, 1.82) is 0 Å². The lowest BCUT2D eigenvalue weighted by Crippen LogP contribution is -2.16. The number of esters is 2. The molecule has 0 saturated carbocycles. The van der Waals surface area contributed by atoms with E-state index in [0.29, 0.717) is 6.29 Å². The lowest BCUT2D eigenvalue weighted by Gasteiger charge is -2.12. The SMILES string of the molecule is COC(=O)CCOCCOC(=O)c1c(O)c(O)cc2occ(/C(C)=C/Nc3cc(O)c(O)cc3C=O)c(=O)c12. The second kappa shape index (κ2) is 12.5. The van der Waals surface area contributed by atoms with Gasteiger partial charge in [-0.25, -0.2) is 4.79 Å². The van der Waals surface area contributed by atoms with Crippen molar-refractivity contribution in [2.75, 3.05) is 32.2 Å². The molecule has 2 aromatic carbocycles. The summed E-state index contributed by atoms with van der Waals surface area (Å²) >= 11 is 0. The summed E-state index contributed by atoms with van der Waals surface area (Å²) in [5.74, 6) is -4.19.